The standard InChI is InChI=1S/C27H30N4O2/c1-26(2)14-22(18-9-5-4-6-10-18)29-24-20(15-28-31(24)26)25(32)30-16-19-13-27(19,17-30)21-11-7-8-12-23(21)33-3/h4-12,15,19,22,29H,13-14,16-17H2,1-3H3/t19?,22-,27?/m1/s1. The predicted molar refractivity (Wildman–Crippen MR) is 128 cm³/mol. The molecule has 33 heavy (non-hydrogen) atoms. The smallest absolute Gasteiger partial charge is 0.259 e. The fourth-order valence-electron chi connectivity index (χ4n) is 6.07. The number of aromatic nitrogens is 2. The van der Waals surface area contributed by atoms with Crippen molar-refractivity contribution < 1.29 is 9.53 Å². The summed E-state index contributed by atoms with van der Waals surface area (Å²) in [6, 6.07) is 18.8. The van der Waals surface area contributed by atoms with Crippen molar-refractivity contribution in [3.8, 4) is 5.75 Å². The van der Waals surface area contributed by atoms with Gasteiger partial charge in [-0.3, -0.25) is 4.79 Å². The van der Waals surface area contributed by atoms with Crippen LogP contribution in [0.4, 0.5) is 5.82 Å². The molecule has 1 aromatic heterocycles. The maximum atomic E-state index is 13.7. The molecule has 6 nitrogen and oxygen atoms in total. The van der Waals surface area contributed by atoms with Gasteiger partial charge in [0.15, 0.2) is 0 Å². The Morgan fingerprint density at radius 1 is 1.09 bits per heavy atom. The number of nitrogens with zero attached hydrogens (tertiary/aromatic N) is 3. The highest BCUT2D eigenvalue weighted by Crippen LogP contribution is 2.61. The maximum Gasteiger partial charge on any atom is 0.259 e. The molecular formula is C27H30N4O2. The van der Waals surface area contributed by atoms with E-state index >= 15 is 0 Å². The molecule has 0 bridgehead atoms. The number of carbonyl (C=O) groups excluding carboxylic acids is 1. The first-order chi connectivity index (χ1) is 15.9. The van der Waals surface area contributed by atoms with Gasteiger partial charge in [0.2, 0.25) is 0 Å². The van der Waals surface area contributed by atoms with Crippen molar-refractivity contribution >= 4 is 11.7 Å². The fraction of sp³-hybridized carbons (Fsp3) is 0.407. The number of para-hydroxylation sites is 1. The average molecular weight is 443 g/mol. The number of ether oxygens (including phenoxy) is 1. The van der Waals surface area contributed by atoms with Gasteiger partial charge < -0.3 is 15.0 Å². The van der Waals surface area contributed by atoms with E-state index in [1.165, 1.54) is 11.1 Å². The van der Waals surface area contributed by atoms with Crippen molar-refractivity contribution in [1.82, 2.24) is 14.7 Å². The molecule has 2 aromatic carbocycles. The molecule has 1 saturated heterocycles. The van der Waals surface area contributed by atoms with Crippen LogP contribution in [0, 0.1) is 5.92 Å². The third-order valence-electron chi connectivity index (χ3n) is 7.87. The van der Waals surface area contributed by atoms with E-state index < -0.39 is 0 Å². The Bertz CT molecular complexity index is 1220. The lowest BCUT2D eigenvalue weighted by Crippen LogP contribution is -2.39. The Kier molecular flexibility index (Phi) is 4.38. The van der Waals surface area contributed by atoms with Crippen LogP contribution >= 0.6 is 0 Å². The summed E-state index contributed by atoms with van der Waals surface area (Å²) < 4.78 is 7.63. The summed E-state index contributed by atoms with van der Waals surface area (Å²) in [5.41, 5.74) is 2.96. The number of rotatable bonds is 4. The number of anilines is 1. The van der Waals surface area contributed by atoms with Crippen LogP contribution in [-0.4, -0.2) is 40.8 Å². The average Bonchev–Trinajstić information content (AvgIpc) is 3.17. The third kappa shape index (κ3) is 3.07. The number of piperidine rings is 1. The highest BCUT2D eigenvalue weighted by molar-refractivity contribution is 5.99. The van der Waals surface area contributed by atoms with E-state index in [-0.39, 0.29) is 22.9 Å². The minimum Gasteiger partial charge on any atom is -0.496 e. The van der Waals surface area contributed by atoms with Gasteiger partial charge in [0, 0.05) is 24.1 Å². The molecule has 0 spiro atoms. The SMILES string of the molecule is COc1ccccc1C12CC1CN(C(=O)c1cnn3c1N[C@@H](c1ccccc1)CC3(C)C)C2. The number of carbonyl (C=O) groups is 1. The number of hydrogen-bond donors (Lipinski definition) is 1. The van der Waals surface area contributed by atoms with Crippen molar-refractivity contribution in [3.05, 3.63) is 77.5 Å². The van der Waals surface area contributed by atoms with Gasteiger partial charge in [0.25, 0.3) is 5.91 Å². The van der Waals surface area contributed by atoms with E-state index in [1.807, 2.05) is 27.8 Å². The lowest BCUT2D eigenvalue weighted by atomic mass is 9.89. The first kappa shape index (κ1) is 20.3. The van der Waals surface area contributed by atoms with Gasteiger partial charge in [-0.05, 0) is 44.2 Å². The molecule has 1 saturated carbocycles. The third-order valence-corrected chi connectivity index (χ3v) is 7.87. The molecule has 1 amide bonds. The highest BCUT2D eigenvalue weighted by atomic mass is 16.5. The summed E-state index contributed by atoms with van der Waals surface area (Å²) in [4.78, 5) is 15.7. The topological polar surface area (TPSA) is 59.4 Å². The summed E-state index contributed by atoms with van der Waals surface area (Å²) in [6.07, 6.45) is 3.77. The number of fused-ring (bicyclic) bond motifs is 2. The predicted octanol–water partition coefficient (Wildman–Crippen LogP) is 4.60. The Morgan fingerprint density at radius 3 is 2.64 bits per heavy atom. The first-order valence-corrected chi connectivity index (χ1v) is 11.8. The molecule has 2 fully saturated rings. The van der Waals surface area contributed by atoms with Gasteiger partial charge in [-0.15, -0.1) is 0 Å². The Balaban J connectivity index is 1.29. The minimum absolute atomic E-state index is 0.0226. The molecular weight excluding hydrogens is 412 g/mol. The van der Waals surface area contributed by atoms with E-state index in [0.717, 1.165) is 37.5 Å². The normalized spacial score (nSPS) is 26.8. The zero-order valence-corrected chi connectivity index (χ0v) is 19.4. The van der Waals surface area contributed by atoms with Gasteiger partial charge >= 0.3 is 0 Å². The second-order valence-electron chi connectivity index (χ2n) is 10.4. The van der Waals surface area contributed by atoms with Crippen molar-refractivity contribution in [2.75, 3.05) is 25.5 Å². The molecule has 0 radical (unpaired) electrons. The largest absolute Gasteiger partial charge is 0.496 e. The molecule has 6 heteroatoms. The quantitative estimate of drug-likeness (QED) is 0.642. The van der Waals surface area contributed by atoms with Crippen molar-refractivity contribution in [2.24, 2.45) is 5.92 Å². The van der Waals surface area contributed by atoms with Crippen LogP contribution in [0.2, 0.25) is 0 Å². The molecule has 2 unspecified atom stereocenters. The molecule has 3 aliphatic rings. The Hall–Kier alpha value is -3.28. The molecule has 3 heterocycles. The minimum atomic E-state index is -0.189. The van der Waals surface area contributed by atoms with Crippen LogP contribution in [0.5, 0.6) is 5.75 Å². The first-order valence-electron chi connectivity index (χ1n) is 11.8. The number of nitrogens with one attached hydrogen (secondary N) is 1. The molecule has 1 aliphatic carbocycles. The number of benzene rings is 2. The van der Waals surface area contributed by atoms with Crippen LogP contribution in [0.15, 0.2) is 60.8 Å². The zero-order valence-electron chi connectivity index (χ0n) is 19.4. The van der Waals surface area contributed by atoms with E-state index in [1.54, 1.807) is 13.3 Å². The summed E-state index contributed by atoms with van der Waals surface area (Å²) in [5.74, 6) is 2.31. The van der Waals surface area contributed by atoms with Crippen LogP contribution in [0.25, 0.3) is 0 Å². The molecule has 1 N–H and O–H groups in total. The van der Waals surface area contributed by atoms with Gasteiger partial charge in [-0.25, -0.2) is 4.68 Å². The molecule has 3 atom stereocenters. The Morgan fingerprint density at radius 2 is 1.85 bits per heavy atom. The van der Waals surface area contributed by atoms with Crippen molar-refractivity contribution in [2.45, 2.75) is 43.7 Å². The lowest BCUT2D eigenvalue weighted by Gasteiger charge is -2.38. The number of likely N-dealkylation sites (tertiary alicyclic amines) is 1. The van der Waals surface area contributed by atoms with E-state index in [4.69, 9.17) is 4.74 Å². The van der Waals surface area contributed by atoms with Gasteiger partial charge in [0.1, 0.15) is 17.1 Å². The maximum absolute atomic E-state index is 13.7. The monoisotopic (exact) mass is 442 g/mol. The van der Waals surface area contributed by atoms with Crippen molar-refractivity contribution in [3.63, 3.8) is 0 Å². The summed E-state index contributed by atoms with van der Waals surface area (Å²) in [7, 11) is 1.72. The molecule has 170 valence electrons. The van der Waals surface area contributed by atoms with Gasteiger partial charge in [-0.1, -0.05) is 48.5 Å². The second kappa shape index (κ2) is 7.11. The lowest BCUT2D eigenvalue weighted by molar-refractivity contribution is 0.0772. The summed E-state index contributed by atoms with van der Waals surface area (Å²) in [6.45, 7) is 5.90. The molecule has 6 rings (SSSR count). The molecule has 2 aliphatic heterocycles. The summed E-state index contributed by atoms with van der Waals surface area (Å²) >= 11 is 0. The summed E-state index contributed by atoms with van der Waals surface area (Å²) in [5, 5.41) is 8.29. The van der Waals surface area contributed by atoms with Crippen LogP contribution in [-0.2, 0) is 11.0 Å². The van der Waals surface area contributed by atoms with Crippen LogP contribution < -0.4 is 10.1 Å². The molecule has 3 aromatic rings. The van der Waals surface area contributed by atoms with Crippen molar-refractivity contribution in [1.29, 1.82) is 0 Å². The number of methoxy groups -OCH3 is 1. The second-order valence-corrected chi connectivity index (χ2v) is 10.4. The highest BCUT2D eigenvalue weighted by Gasteiger charge is 2.62. The van der Waals surface area contributed by atoms with E-state index in [2.05, 4.69) is 60.7 Å². The Labute approximate surface area is 194 Å². The van der Waals surface area contributed by atoms with Gasteiger partial charge in [0.05, 0.1) is 24.9 Å². The number of hydrogen-bond acceptors (Lipinski definition) is 4. The van der Waals surface area contributed by atoms with E-state index in [0.29, 0.717) is 11.5 Å². The zero-order chi connectivity index (χ0) is 22.8. The van der Waals surface area contributed by atoms with E-state index in [9.17, 15) is 4.79 Å². The fourth-order valence-corrected chi connectivity index (χ4v) is 6.07. The van der Waals surface area contributed by atoms with Crippen LogP contribution in [0.3, 0.4) is 0 Å². The van der Waals surface area contributed by atoms with Crippen LogP contribution in [0.1, 0.15) is 54.2 Å². The van der Waals surface area contributed by atoms with Gasteiger partial charge in [-0.2, -0.15) is 5.10 Å². The number of amides is 1.